The predicted molar refractivity (Wildman–Crippen MR) is 92.3 cm³/mol. The van der Waals surface area contributed by atoms with Crippen molar-refractivity contribution in [2.75, 3.05) is 0 Å². The van der Waals surface area contributed by atoms with Crippen LogP contribution in [0.3, 0.4) is 0 Å². The van der Waals surface area contributed by atoms with Crippen molar-refractivity contribution in [3.63, 3.8) is 0 Å². The van der Waals surface area contributed by atoms with Gasteiger partial charge >= 0.3 is 0 Å². The maximum absolute atomic E-state index is 5.83. The van der Waals surface area contributed by atoms with E-state index >= 15 is 0 Å². The molecule has 0 bridgehead atoms. The summed E-state index contributed by atoms with van der Waals surface area (Å²) in [5.74, 6) is 0.871. The van der Waals surface area contributed by atoms with Gasteiger partial charge in [0.1, 0.15) is 18.0 Å². The van der Waals surface area contributed by atoms with Crippen molar-refractivity contribution in [1.29, 1.82) is 0 Å². The molecule has 0 atom stereocenters. The Labute approximate surface area is 134 Å². The number of aromatic nitrogens is 2. The van der Waals surface area contributed by atoms with Gasteiger partial charge in [-0.15, -0.1) is 0 Å². The zero-order valence-electron chi connectivity index (χ0n) is 12.6. The second-order valence-corrected chi connectivity index (χ2v) is 5.40. The van der Waals surface area contributed by atoms with Gasteiger partial charge in [0.25, 0.3) is 0 Å². The largest absolute Gasteiger partial charge is 0.489 e. The molecule has 3 heteroatoms. The third-order valence-corrected chi connectivity index (χ3v) is 3.86. The second kappa shape index (κ2) is 5.97. The second-order valence-electron chi connectivity index (χ2n) is 5.40. The minimum Gasteiger partial charge on any atom is -0.489 e. The number of hydrogen-bond acceptors (Lipinski definition) is 2. The van der Waals surface area contributed by atoms with Gasteiger partial charge in [-0.25, -0.2) is 4.98 Å². The predicted octanol–water partition coefficient (Wildman–Crippen LogP) is 4.81. The standard InChI is InChI=1S/C20H16N2O/c1-2-5-15(6-3-1)14-23-17-10-8-16(9-11-17)19-13-22-20-18(19)7-4-12-21-20/h1-13H,14H2,(H,21,22). The molecule has 0 saturated heterocycles. The summed E-state index contributed by atoms with van der Waals surface area (Å²) in [5.41, 5.74) is 4.38. The van der Waals surface area contributed by atoms with Crippen LogP contribution in [0, 0.1) is 0 Å². The lowest BCUT2D eigenvalue weighted by molar-refractivity contribution is 0.306. The van der Waals surface area contributed by atoms with E-state index in [1.807, 2.05) is 42.6 Å². The Morgan fingerprint density at radius 3 is 2.52 bits per heavy atom. The number of nitrogens with zero attached hydrogens (tertiary/aromatic N) is 1. The molecule has 2 aromatic carbocycles. The molecule has 4 rings (SSSR count). The highest BCUT2D eigenvalue weighted by Gasteiger charge is 2.06. The summed E-state index contributed by atoms with van der Waals surface area (Å²) in [6.45, 7) is 0.581. The van der Waals surface area contributed by atoms with E-state index in [4.69, 9.17) is 4.74 Å². The monoisotopic (exact) mass is 300 g/mol. The van der Waals surface area contributed by atoms with E-state index in [2.05, 4.69) is 40.3 Å². The molecule has 112 valence electrons. The molecule has 0 unspecified atom stereocenters. The number of H-pyrrole nitrogens is 1. The van der Waals surface area contributed by atoms with E-state index in [0.29, 0.717) is 6.61 Å². The molecule has 4 aromatic rings. The fraction of sp³-hybridized carbons (Fsp3) is 0.0500. The molecule has 3 nitrogen and oxygen atoms in total. The first-order chi connectivity index (χ1) is 11.4. The van der Waals surface area contributed by atoms with Gasteiger partial charge in [-0.1, -0.05) is 42.5 Å². The quantitative estimate of drug-likeness (QED) is 0.587. The number of nitrogens with one attached hydrogen (secondary N) is 1. The Morgan fingerprint density at radius 2 is 1.70 bits per heavy atom. The minimum atomic E-state index is 0.581. The molecule has 0 aliphatic carbocycles. The van der Waals surface area contributed by atoms with Gasteiger partial charge in [-0.3, -0.25) is 0 Å². The number of hydrogen-bond donors (Lipinski definition) is 1. The lowest BCUT2D eigenvalue weighted by atomic mass is 10.1. The van der Waals surface area contributed by atoms with Gasteiger partial charge in [0.2, 0.25) is 0 Å². The van der Waals surface area contributed by atoms with Crippen molar-refractivity contribution in [3.05, 3.63) is 84.7 Å². The first-order valence-electron chi connectivity index (χ1n) is 7.59. The van der Waals surface area contributed by atoms with Crippen LogP contribution in [0.15, 0.2) is 79.1 Å². The highest BCUT2D eigenvalue weighted by Crippen LogP contribution is 2.28. The van der Waals surface area contributed by atoms with Crippen LogP contribution in [0.4, 0.5) is 0 Å². The van der Waals surface area contributed by atoms with Gasteiger partial charge in [-0.2, -0.15) is 0 Å². The van der Waals surface area contributed by atoms with Crippen LogP contribution < -0.4 is 4.74 Å². The van der Waals surface area contributed by atoms with Gasteiger partial charge in [0.05, 0.1) is 0 Å². The molecule has 2 heterocycles. The summed E-state index contributed by atoms with van der Waals surface area (Å²) >= 11 is 0. The highest BCUT2D eigenvalue weighted by atomic mass is 16.5. The topological polar surface area (TPSA) is 37.9 Å². The fourth-order valence-electron chi connectivity index (χ4n) is 2.67. The summed E-state index contributed by atoms with van der Waals surface area (Å²) in [6.07, 6.45) is 3.79. The number of rotatable bonds is 4. The van der Waals surface area contributed by atoms with Gasteiger partial charge in [-0.05, 0) is 35.4 Å². The van der Waals surface area contributed by atoms with Crippen LogP contribution in [-0.2, 0) is 6.61 Å². The fourth-order valence-corrected chi connectivity index (χ4v) is 2.67. The van der Waals surface area contributed by atoms with Gasteiger partial charge in [0.15, 0.2) is 0 Å². The van der Waals surface area contributed by atoms with Crippen LogP contribution in [0.2, 0.25) is 0 Å². The molecule has 1 N–H and O–H groups in total. The van der Waals surface area contributed by atoms with Crippen molar-refractivity contribution in [2.24, 2.45) is 0 Å². The molecule has 0 aliphatic rings. The Morgan fingerprint density at radius 1 is 0.870 bits per heavy atom. The summed E-state index contributed by atoms with van der Waals surface area (Å²) < 4.78 is 5.83. The Balaban J connectivity index is 1.54. The lowest BCUT2D eigenvalue weighted by Gasteiger charge is -2.07. The van der Waals surface area contributed by atoms with Crippen LogP contribution in [0.25, 0.3) is 22.2 Å². The smallest absolute Gasteiger partial charge is 0.137 e. The van der Waals surface area contributed by atoms with E-state index < -0.39 is 0 Å². The van der Waals surface area contributed by atoms with E-state index in [1.54, 1.807) is 6.20 Å². The van der Waals surface area contributed by atoms with Crippen LogP contribution >= 0.6 is 0 Å². The highest BCUT2D eigenvalue weighted by molar-refractivity contribution is 5.93. The number of ether oxygens (including phenoxy) is 1. The molecule has 0 saturated carbocycles. The first kappa shape index (κ1) is 13.6. The molecule has 0 spiro atoms. The van der Waals surface area contributed by atoms with Gasteiger partial charge in [0, 0.05) is 23.3 Å². The first-order valence-corrected chi connectivity index (χ1v) is 7.59. The molecular formula is C20H16N2O. The van der Waals surface area contributed by atoms with E-state index in [-0.39, 0.29) is 0 Å². The maximum atomic E-state index is 5.83. The number of fused-ring (bicyclic) bond motifs is 1. The van der Waals surface area contributed by atoms with Crippen LogP contribution in [0.1, 0.15) is 5.56 Å². The number of benzene rings is 2. The third-order valence-electron chi connectivity index (χ3n) is 3.86. The van der Waals surface area contributed by atoms with Crippen LogP contribution in [0.5, 0.6) is 5.75 Å². The average molecular weight is 300 g/mol. The van der Waals surface area contributed by atoms with Gasteiger partial charge < -0.3 is 9.72 Å². The van der Waals surface area contributed by atoms with E-state index in [9.17, 15) is 0 Å². The Kier molecular flexibility index (Phi) is 3.53. The Bertz CT molecular complexity index is 911. The van der Waals surface area contributed by atoms with Crippen molar-refractivity contribution in [1.82, 2.24) is 9.97 Å². The SMILES string of the molecule is c1ccc(COc2ccc(-c3c[nH]c4ncccc34)cc2)cc1. The molecular weight excluding hydrogens is 284 g/mol. The summed E-state index contributed by atoms with van der Waals surface area (Å²) in [5, 5.41) is 1.13. The molecule has 0 amide bonds. The molecule has 0 fully saturated rings. The molecule has 0 aliphatic heterocycles. The van der Waals surface area contributed by atoms with Crippen molar-refractivity contribution < 1.29 is 4.74 Å². The zero-order valence-corrected chi connectivity index (χ0v) is 12.6. The molecule has 2 aromatic heterocycles. The van der Waals surface area contributed by atoms with Crippen molar-refractivity contribution in [3.8, 4) is 16.9 Å². The molecule has 23 heavy (non-hydrogen) atoms. The number of aromatic amines is 1. The minimum absolute atomic E-state index is 0.581. The maximum Gasteiger partial charge on any atom is 0.137 e. The number of pyridine rings is 1. The zero-order chi connectivity index (χ0) is 15.5. The Hall–Kier alpha value is -3.07. The van der Waals surface area contributed by atoms with E-state index in [0.717, 1.165) is 27.9 Å². The summed E-state index contributed by atoms with van der Waals surface area (Å²) in [4.78, 5) is 7.53. The van der Waals surface area contributed by atoms with E-state index in [1.165, 1.54) is 5.56 Å². The lowest BCUT2D eigenvalue weighted by Crippen LogP contribution is -1.94. The average Bonchev–Trinajstić information content (AvgIpc) is 3.05. The van der Waals surface area contributed by atoms with Crippen molar-refractivity contribution in [2.45, 2.75) is 6.61 Å². The normalized spacial score (nSPS) is 10.8. The summed E-state index contributed by atoms with van der Waals surface area (Å²) in [6, 6.07) is 22.4. The molecule has 0 radical (unpaired) electrons. The summed E-state index contributed by atoms with van der Waals surface area (Å²) in [7, 11) is 0. The van der Waals surface area contributed by atoms with Crippen molar-refractivity contribution >= 4 is 11.0 Å². The van der Waals surface area contributed by atoms with Crippen LogP contribution in [-0.4, -0.2) is 9.97 Å². The third kappa shape index (κ3) is 2.81.